The highest BCUT2D eigenvalue weighted by Crippen LogP contribution is 2.30. The van der Waals surface area contributed by atoms with E-state index in [9.17, 15) is 9.59 Å². The van der Waals surface area contributed by atoms with Crippen LogP contribution in [0.1, 0.15) is 27.0 Å². The molecule has 7 heteroatoms. The Morgan fingerprint density at radius 3 is 1.95 bits per heavy atom. The quantitative estimate of drug-likeness (QED) is 0.256. The van der Waals surface area contributed by atoms with Crippen molar-refractivity contribution in [1.82, 2.24) is 5.32 Å². The van der Waals surface area contributed by atoms with Gasteiger partial charge in [-0.15, -0.1) is 0 Å². The van der Waals surface area contributed by atoms with Crippen molar-refractivity contribution in [2.75, 3.05) is 0 Å². The molecule has 0 aromatic heterocycles. The summed E-state index contributed by atoms with van der Waals surface area (Å²) in [6.07, 6.45) is 0.204. The molecule has 37 heavy (non-hydrogen) atoms. The second-order valence-corrected chi connectivity index (χ2v) is 9.39. The summed E-state index contributed by atoms with van der Waals surface area (Å²) in [5, 5.41) is 2.74. The Morgan fingerprint density at radius 2 is 1.35 bits per heavy atom. The zero-order chi connectivity index (χ0) is 26.0. The first kappa shape index (κ1) is 26.0. The Kier molecular flexibility index (Phi) is 8.94. The molecule has 4 aromatic rings. The van der Waals surface area contributed by atoms with E-state index in [-0.39, 0.29) is 12.3 Å². The number of ether oxygens (including phenoxy) is 2. The lowest BCUT2D eigenvalue weighted by Gasteiger charge is -2.18. The first-order valence-corrected chi connectivity index (χ1v) is 12.6. The van der Waals surface area contributed by atoms with Crippen LogP contribution in [0.2, 0.25) is 0 Å². The molecule has 4 rings (SSSR count). The SMILES string of the molecule is NC(=O)[C@H](Cc1ccc(OCc2ccccc2)c(OCc2ccccc2)c1)NC(=O)c1cccc(Br)c1. The lowest BCUT2D eigenvalue weighted by Crippen LogP contribution is -2.45. The third-order valence-corrected chi connectivity index (χ3v) is 6.15. The summed E-state index contributed by atoms with van der Waals surface area (Å²) in [6.45, 7) is 0.735. The molecule has 0 heterocycles. The van der Waals surface area contributed by atoms with Crippen molar-refractivity contribution < 1.29 is 19.1 Å². The molecule has 0 saturated heterocycles. The molecule has 6 nitrogen and oxygen atoms in total. The predicted molar refractivity (Wildman–Crippen MR) is 146 cm³/mol. The molecular weight excluding hydrogens is 532 g/mol. The van der Waals surface area contributed by atoms with Gasteiger partial charge in [-0.05, 0) is 47.0 Å². The zero-order valence-corrected chi connectivity index (χ0v) is 21.7. The van der Waals surface area contributed by atoms with Crippen LogP contribution in [-0.2, 0) is 24.4 Å². The molecule has 2 amide bonds. The van der Waals surface area contributed by atoms with Gasteiger partial charge in [0.1, 0.15) is 19.3 Å². The molecule has 1 atom stereocenters. The average molecular weight is 559 g/mol. The largest absolute Gasteiger partial charge is 0.485 e. The Balaban J connectivity index is 1.52. The minimum absolute atomic E-state index is 0.204. The molecule has 188 valence electrons. The summed E-state index contributed by atoms with van der Waals surface area (Å²) >= 11 is 3.36. The number of benzene rings is 4. The summed E-state index contributed by atoms with van der Waals surface area (Å²) in [6, 6.07) is 31.2. The Morgan fingerprint density at radius 1 is 0.730 bits per heavy atom. The average Bonchev–Trinajstić information content (AvgIpc) is 2.92. The molecule has 0 aliphatic rings. The van der Waals surface area contributed by atoms with Crippen molar-refractivity contribution in [3.05, 3.63) is 130 Å². The van der Waals surface area contributed by atoms with Gasteiger partial charge < -0.3 is 20.5 Å². The highest BCUT2D eigenvalue weighted by molar-refractivity contribution is 9.10. The van der Waals surface area contributed by atoms with Crippen molar-refractivity contribution in [1.29, 1.82) is 0 Å². The number of nitrogens with two attached hydrogens (primary N) is 1. The summed E-state index contributed by atoms with van der Waals surface area (Å²) in [5.74, 6) is 0.115. The van der Waals surface area contributed by atoms with Gasteiger partial charge >= 0.3 is 0 Å². The number of hydrogen-bond donors (Lipinski definition) is 2. The van der Waals surface area contributed by atoms with Gasteiger partial charge in [0.05, 0.1) is 0 Å². The van der Waals surface area contributed by atoms with Crippen molar-refractivity contribution in [3.8, 4) is 11.5 Å². The number of carbonyl (C=O) groups is 2. The van der Waals surface area contributed by atoms with E-state index in [1.165, 1.54) is 0 Å². The topological polar surface area (TPSA) is 90.7 Å². The number of carbonyl (C=O) groups excluding carboxylic acids is 2. The fourth-order valence-corrected chi connectivity index (χ4v) is 4.11. The Labute approximate surface area is 224 Å². The van der Waals surface area contributed by atoms with E-state index in [0.29, 0.717) is 30.3 Å². The van der Waals surface area contributed by atoms with Gasteiger partial charge in [-0.1, -0.05) is 88.7 Å². The smallest absolute Gasteiger partial charge is 0.251 e. The van der Waals surface area contributed by atoms with Crippen LogP contribution in [0.4, 0.5) is 0 Å². The number of rotatable bonds is 11. The lowest BCUT2D eigenvalue weighted by molar-refractivity contribution is -0.119. The lowest BCUT2D eigenvalue weighted by atomic mass is 10.0. The van der Waals surface area contributed by atoms with Crippen molar-refractivity contribution >= 4 is 27.7 Å². The Hall–Kier alpha value is -4.10. The maximum absolute atomic E-state index is 12.7. The summed E-state index contributed by atoms with van der Waals surface area (Å²) in [7, 11) is 0. The Bertz CT molecular complexity index is 1350. The molecule has 0 fully saturated rings. The van der Waals surface area contributed by atoms with E-state index in [4.69, 9.17) is 15.2 Å². The summed E-state index contributed by atoms with van der Waals surface area (Å²) in [4.78, 5) is 24.9. The maximum Gasteiger partial charge on any atom is 0.251 e. The van der Waals surface area contributed by atoms with Crippen LogP contribution in [0.3, 0.4) is 0 Å². The second kappa shape index (κ2) is 12.7. The third-order valence-electron chi connectivity index (χ3n) is 5.66. The molecule has 0 unspecified atom stereocenters. The van der Waals surface area contributed by atoms with E-state index in [0.717, 1.165) is 21.2 Å². The van der Waals surface area contributed by atoms with E-state index in [2.05, 4.69) is 21.2 Å². The number of amides is 2. The predicted octanol–water partition coefficient (Wildman–Crippen LogP) is 5.43. The monoisotopic (exact) mass is 558 g/mol. The standard InChI is InChI=1S/C30H27BrN2O4/c31-25-13-7-12-24(18-25)30(35)33-26(29(32)34)16-23-14-15-27(36-19-21-8-3-1-4-9-21)28(17-23)37-20-22-10-5-2-6-11-22/h1-15,17-18,26H,16,19-20H2,(H2,32,34)(H,33,35)/t26-/m0/s1. The van der Waals surface area contributed by atoms with Crippen molar-refractivity contribution in [2.24, 2.45) is 5.73 Å². The zero-order valence-electron chi connectivity index (χ0n) is 20.1. The first-order chi connectivity index (χ1) is 18.0. The van der Waals surface area contributed by atoms with E-state index in [1.807, 2.05) is 84.9 Å². The van der Waals surface area contributed by atoms with E-state index >= 15 is 0 Å². The molecular formula is C30H27BrN2O4. The van der Waals surface area contributed by atoms with E-state index < -0.39 is 11.9 Å². The summed E-state index contributed by atoms with van der Waals surface area (Å²) in [5.41, 5.74) is 8.88. The van der Waals surface area contributed by atoms with Crippen LogP contribution in [-0.4, -0.2) is 17.9 Å². The fraction of sp³-hybridized carbons (Fsp3) is 0.133. The molecule has 0 saturated carbocycles. The molecule has 0 spiro atoms. The van der Waals surface area contributed by atoms with Crippen molar-refractivity contribution in [3.63, 3.8) is 0 Å². The van der Waals surface area contributed by atoms with Gasteiger partial charge in [0.2, 0.25) is 5.91 Å². The van der Waals surface area contributed by atoms with Gasteiger partial charge in [-0.25, -0.2) is 0 Å². The van der Waals surface area contributed by atoms with Gasteiger partial charge in [0, 0.05) is 16.5 Å². The molecule has 0 radical (unpaired) electrons. The van der Waals surface area contributed by atoms with Crippen LogP contribution in [0, 0.1) is 0 Å². The highest BCUT2D eigenvalue weighted by Gasteiger charge is 2.21. The first-order valence-electron chi connectivity index (χ1n) is 11.8. The molecule has 3 N–H and O–H groups in total. The number of nitrogens with one attached hydrogen (secondary N) is 1. The maximum atomic E-state index is 12.7. The van der Waals surface area contributed by atoms with Gasteiger partial charge in [-0.3, -0.25) is 9.59 Å². The number of halogens is 1. The van der Waals surface area contributed by atoms with Crippen LogP contribution >= 0.6 is 15.9 Å². The highest BCUT2D eigenvalue weighted by atomic mass is 79.9. The molecule has 0 bridgehead atoms. The molecule has 0 aliphatic heterocycles. The normalized spacial score (nSPS) is 11.4. The third kappa shape index (κ3) is 7.69. The van der Waals surface area contributed by atoms with Gasteiger partial charge in [-0.2, -0.15) is 0 Å². The minimum Gasteiger partial charge on any atom is -0.485 e. The van der Waals surface area contributed by atoms with Gasteiger partial charge in [0.15, 0.2) is 11.5 Å². The van der Waals surface area contributed by atoms with Crippen LogP contribution < -0.4 is 20.5 Å². The number of hydrogen-bond acceptors (Lipinski definition) is 4. The second-order valence-electron chi connectivity index (χ2n) is 8.47. The van der Waals surface area contributed by atoms with E-state index in [1.54, 1.807) is 18.2 Å². The van der Waals surface area contributed by atoms with Crippen LogP contribution in [0.5, 0.6) is 11.5 Å². The van der Waals surface area contributed by atoms with Crippen LogP contribution in [0.15, 0.2) is 108 Å². The number of primary amides is 1. The van der Waals surface area contributed by atoms with Crippen molar-refractivity contribution in [2.45, 2.75) is 25.7 Å². The van der Waals surface area contributed by atoms with Gasteiger partial charge in [0.25, 0.3) is 5.91 Å². The minimum atomic E-state index is -0.899. The summed E-state index contributed by atoms with van der Waals surface area (Å²) < 4.78 is 13.0. The molecule has 4 aromatic carbocycles. The molecule has 0 aliphatic carbocycles. The van der Waals surface area contributed by atoms with Crippen LogP contribution in [0.25, 0.3) is 0 Å². The fourth-order valence-electron chi connectivity index (χ4n) is 3.71.